The molecule has 2 heterocycles. The van der Waals surface area contributed by atoms with Crippen LogP contribution in [-0.4, -0.2) is 27.3 Å². The largest absolute Gasteiger partial charge is 0.507 e. The maximum absolute atomic E-state index is 13.3. The molecule has 37 heavy (non-hydrogen) atoms. The van der Waals surface area contributed by atoms with E-state index in [1.54, 1.807) is 36.6 Å². The summed E-state index contributed by atoms with van der Waals surface area (Å²) in [6, 6.07) is 25.1. The van der Waals surface area contributed by atoms with Crippen molar-refractivity contribution in [2.75, 3.05) is 0 Å². The zero-order valence-electron chi connectivity index (χ0n) is 19.3. The molecular weight excluding hydrogens is 510 g/mol. The highest BCUT2D eigenvalue weighted by Gasteiger charge is 2.34. The van der Waals surface area contributed by atoms with Gasteiger partial charge in [0, 0.05) is 10.6 Å². The molecule has 1 amide bonds. The minimum Gasteiger partial charge on any atom is -0.507 e. The maximum Gasteiger partial charge on any atom is 0.267 e. The highest BCUT2D eigenvalue weighted by Crippen LogP contribution is 2.34. The van der Waals surface area contributed by atoms with Crippen molar-refractivity contribution >= 4 is 46.7 Å². The first kappa shape index (κ1) is 24.4. The lowest BCUT2D eigenvalue weighted by molar-refractivity contribution is -0.122. The van der Waals surface area contributed by atoms with Crippen LogP contribution in [0, 0.1) is 0 Å². The Bertz CT molecular complexity index is 1500. The van der Waals surface area contributed by atoms with Crippen LogP contribution in [-0.2, 0) is 11.3 Å². The minimum atomic E-state index is -0.227. The van der Waals surface area contributed by atoms with Gasteiger partial charge >= 0.3 is 0 Å². The van der Waals surface area contributed by atoms with Crippen LogP contribution in [0.15, 0.2) is 111 Å². The van der Waals surface area contributed by atoms with E-state index < -0.39 is 0 Å². The Morgan fingerprint density at radius 3 is 2.65 bits per heavy atom. The van der Waals surface area contributed by atoms with Gasteiger partial charge in [-0.1, -0.05) is 41.9 Å². The molecule has 0 unspecified atom stereocenters. The number of amides is 1. The highest BCUT2D eigenvalue weighted by molar-refractivity contribution is 8.18. The Labute approximate surface area is 222 Å². The van der Waals surface area contributed by atoms with Crippen LogP contribution in [0.3, 0.4) is 0 Å². The number of nitrogens with zero attached hydrogens (tertiary/aromatic N) is 3. The van der Waals surface area contributed by atoms with E-state index in [1.807, 2.05) is 54.6 Å². The molecule has 9 heteroatoms. The first-order valence-electron chi connectivity index (χ1n) is 11.2. The van der Waals surface area contributed by atoms with Crippen molar-refractivity contribution in [2.45, 2.75) is 6.54 Å². The molecule has 1 aliphatic heterocycles. The maximum atomic E-state index is 13.3. The Morgan fingerprint density at radius 1 is 1.00 bits per heavy atom. The lowest BCUT2D eigenvalue weighted by Gasteiger charge is -2.12. The highest BCUT2D eigenvalue weighted by atomic mass is 35.5. The predicted molar refractivity (Wildman–Crippen MR) is 146 cm³/mol. The minimum absolute atomic E-state index is 0.0223. The summed E-state index contributed by atoms with van der Waals surface area (Å²) in [5, 5.41) is 19.2. The normalized spacial score (nSPS) is 15.8. The molecule has 0 atom stereocenters. The lowest BCUT2D eigenvalue weighted by Crippen LogP contribution is -2.28. The molecule has 4 aromatic rings. The number of thioether (sulfide) groups is 1. The SMILES string of the molecule is O=C1/C(=C/c2cccc(Oc3ccccc3)c2)S/C(=N/N=C\c2cc(Cl)ccc2O)N1Cc1ccco1. The van der Waals surface area contributed by atoms with Gasteiger partial charge in [-0.05, 0) is 78.0 Å². The average Bonchev–Trinajstić information content (AvgIpc) is 3.51. The second-order valence-corrected chi connectivity index (χ2v) is 9.34. The Kier molecular flexibility index (Phi) is 7.39. The van der Waals surface area contributed by atoms with Crippen LogP contribution in [0.2, 0.25) is 5.02 Å². The number of phenols is 1. The smallest absolute Gasteiger partial charge is 0.267 e. The van der Waals surface area contributed by atoms with Crippen LogP contribution >= 0.6 is 23.4 Å². The number of hydrogen-bond acceptors (Lipinski definition) is 7. The van der Waals surface area contributed by atoms with Crippen LogP contribution in [0.4, 0.5) is 0 Å². The number of halogens is 1. The number of aromatic hydroxyl groups is 1. The van der Waals surface area contributed by atoms with Gasteiger partial charge in [-0.2, -0.15) is 5.10 Å². The van der Waals surface area contributed by atoms with Gasteiger partial charge in [0.1, 0.15) is 23.0 Å². The summed E-state index contributed by atoms with van der Waals surface area (Å²) in [5.74, 6) is 1.78. The van der Waals surface area contributed by atoms with Crippen molar-refractivity contribution in [1.29, 1.82) is 0 Å². The van der Waals surface area contributed by atoms with Crippen molar-refractivity contribution in [2.24, 2.45) is 10.2 Å². The summed E-state index contributed by atoms with van der Waals surface area (Å²) in [4.78, 5) is 15.3. The first-order valence-corrected chi connectivity index (χ1v) is 12.4. The Hall–Kier alpha value is -4.27. The van der Waals surface area contributed by atoms with E-state index in [0.29, 0.717) is 32.2 Å². The Morgan fingerprint density at radius 2 is 1.84 bits per heavy atom. The number of rotatable bonds is 7. The number of amidine groups is 1. The molecule has 0 radical (unpaired) electrons. The van der Waals surface area contributed by atoms with Crippen molar-refractivity contribution in [3.05, 3.63) is 118 Å². The summed E-state index contributed by atoms with van der Waals surface area (Å²) in [6.07, 6.45) is 4.72. The van der Waals surface area contributed by atoms with Gasteiger partial charge in [0.05, 0.1) is 23.9 Å². The van der Waals surface area contributed by atoms with Gasteiger partial charge in [0.25, 0.3) is 5.91 Å². The summed E-state index contributed by atoms with van der Waals surface area (Å²) < 4.78 is 11.4. The molecule has 1 N–H and O–H groups in total. The molecule has 7 nitrogen and oxygen atoms in total. The molecular formula is C28H20ClN3O4S. The van der Waals surface area contributed by atoms with Crippen molar-refractivity contribution in [3.8, 4) is 17.2 Å². The van der Waals surface area contributed by atoms with Gasteiger partial charge < -0.3 is 14.3 Å². The third-order valence-electron chi connectivity index (χ3n) is 5.25. The van der Waals surface area contributed by atoms with Crippen LogP contribution in [0.5, 0.6) is 17.2 Å². The number of carbonyl (C=O) groups excluding carboxylic acids is 1. The summed E-state index contributed by atoms with van der Waals surface area (Å²) >= 11 is 7.20. The number of hydrogen-bond donors (Lipinski definition) is 1. The number of furan rings is 1. The monoisotopic (exact) mass is 529 g/mol. The van der Waals surface area contributed by atoms with Gasteiger partial charge in [0.2, 0.25) is 0 Å². The van der Waals surface area contributed by atoms with E-state index in [4.69, 9.17) is 20.8 Å². The molecule has 0 aliphatic carbocycles. The first-order chi connectivity index (χ1) is 18.0. The fourth-order valence-corrected chi connectivity index (χ4v) is 4.61. The molecule has 0 saturated carbocycles. The van der Waals surface area contributed by atoms with E-state index in [0.717, 1.165) is 11.3 Å². The fourth-order valence-electron chi connectivity index (χ4n) is 3.49. The molecule has 1 saturated heterocycles. The standard InChI is InChI=1S/C28H20ClN3O4S/c29-21-11-12-25(33)20(16-21)17-30-31-28-32(18-24-10-5-13-35-24)27(34)26(37-28)15-19-6-4-9-23(14-19)36-22-7-2-1-3-8-22/h1-17,33H,18H2/b26-15-,30-17-,31-28+. The third kappa shape index (κ3) is 6.11. The van der Waals surface area contributed by atoms with E-state index in [-0.39, 0.29) is 18.2 Å². The molecule has 1 aliphatic rings. The summed E-state index contributed by atoms with van der Waals surface area (Å²) in [5.41, 5.74) is 1.21. The topological polar surface area (TPSA) is 87.6 Å². The second kappa shape index (κ2) is 11.2. The molecule has 5 rings (SSSR count). The zero-order valence-corrected chi connectivity index (χ0v) is 20.9. The van der Waals surface area contributed by atoms with Crippen LogP contribution < -0.4 is 4.74 Å². The van der Waals surface area contributed by atoms with Gasteiger partial charge in [-0.3, -0.25) is 9.69 Å². The van der Waals surface area contributed by atoms with Gasteiger partial charge in [0.15, 0.2) is 5.17 Å². The molecule has 0 bridgehead atoms. The quantitative estimate of drug-likeness (QED) is 0.159. The fraction of sp³-hybridized carbons (Fsp3) is 0.0357. The molecule has 184 valence electrons. The second-order valence-electron chi connectivity index (χ2n) is 7.90. The Balaban J connectivity index is 1.41. The zero-order chi connectivity index (χ0) is 25.6. The molecule has 3 aromatic carbocycles. The number of ether oxygens (including phenoxy) is 1. The third-order valence-corrected chi connectivity index (χ3v) is 6.48. The van der Waals surface area contributed by atoms with Crippen LogP contribution in [0.1, 0.15) is 16.9 Å². The van der Waals surface area contributed by atoms with Crippen molar-refractivity contribution in [1.82, 2.24) is 4.90 Å². The molecule has 1 fully saturated rings. The van der Waals surface area contributed by atoms with E-state index in [1.165, 1.54) is 28.9 Å². The van der Waals surface area contributed by atoms with Gasteiger partial charge in [-0.25, -0.2) is 0 Å². The number of phenolic OH excluding ortho intramolecular Hbond substituents is 1. The van der Waals surface area contributed by atoms with Gasteiger partial charge in [-0.15, -0.1) is 5.10 Å². The van der Waals surface area contributed by atoms with E-state index in [9.17, 15) is 9.90 Å². The summed E-state index contributed by atoms with van der Waals surface area (Å²) in [6.45, 7) is 0.199. The number of benzene rings is 3. The van der Waals surface area contributed by atoms with Crippen molar-refractivity contribution < 1.29 is 19.1 Å². The van der Waals surface area contributed by atoms with E-state index >= 15 is 0 Å². The van der Waals surface area contributed by atoms with Crippen LogP contribution in [0.25, 0.3) is 6.08 Å². The number of para-hydroxylation sites is 1. The number of carbonyl (C=O) groups is 1. The molecule has 0 spiro atoms. The van der Waals surface area contributed by atoms with Crippen molar-refractivity contribution in [3.63, 3.8) is 0 Å². The molecule has 1 aromatic heterocycles. The summed E-state index contributed by atoms with van der Waals surface area (Å²) in [7, 11) is 0. The van der Waals surface area contributed by atoms with E-state index in [2.05, 4.69) is 10.2 Å². The predicted octanol–water partition coefficient (Wildman–Crippen LogP) is 6.94. The average molecular weight is 530 g/mol. The lowest BCUT2D eigenvalue weighted by atomic mass is 10.2.